The summed E-state index contributed by atoms with van der Waals surface area (Å²) in [7, 11) is 0. The van der Waals surface area contributed by atoms with Crippen molar-refractivity contribution in [3.05, 3.63) is 78.2 Å². The van der Waals surface area contributed by atoms with Gasteiger partial charge in [0.15, 0.2) is 0 Å². The molecule has 0 fully saturated rings. The Morgan fingerprint density at radius 2 is 1.90 bits per heavy atom. The number of carbonyl (C=O) groups is 1. The van der Waals surface area contributed by atoms with Crippen LogP contribution < -0.4 is 5.32 Å². The highest BCUT2D eigenvalue weighted by Gasteiger charge is 2.06. The number of hydrogen-bond donors (Lipinski definition) is 1. The standard InChI is InChI=1S/C16H14N4O/c21-16(19-15-4-1-2-9-17-15)14-7-5-13(6-8-14)12-20-11-3-10-18-20/h1-11H,12H2,(H,17,19,21). The van der Waals surface area contributed by atoms with Crippen molar-refractivity contribution in [3.8, 4) is 0 Å². The number of rotatable bonds is 4. The van der Waals surface area contributed by atoms with Gasteiger partial charge in [-0.1, -0.05) is 18.2 Å². The van der Waals surface area contributed by atoms with Crippen LogP contribution in [-0.4, -0.2) is 20.7 Å². The van der Waals surface area contributed by atoms with Crippen molar-refractivity contribution in [2.75, 3.05) is 5.32 Å². The summed E-state index contributed by atoms with van der Waals surface area (Å²) in [6.45, 7) is 0.690. The number of pyridine rings is 1. The fourth-order valence-corrected chi connectivity index (χ4v) is 1.97. The summed E-state index contributed by atoms with van der Waals surface area (Å²) >= 11 is 0. The molecule has 0 unspecified atom stereocenters. The summed E-state index contributed by atoms with van der Waals surface area (Å²) in [6.07, 6.45) is 5.29. The van der Waals surface area contributed by atoms with Crippen LogP contribution in [0.4, 0.5) is 5.82 Å². The molecule has 1 amide bonds. The minimum Gasteiger partial charge on any atom is -0.307 e. The first-order valence-corrected chi connectivity index (χ1v) is 6.60. The molecule has 5 heteroatoms. The summed E-state index contributed by atoms with van der Waals surface area (Å²) in [5.74, 6) is 0.377. The SMILES string of the molecule is O=C(Nc1ccccn1)c1ccc(Cn2cccn2)cc1. The molecule has 3 aromatic rings. The quantitative estimate of drug-likeness (QED) is 0.798. The van der Waals surface area contributed by atoms with Gasteiger partial charge in [0.25, 0.3) is 5.91 Å². The molecule has 0 aliphatic heterocycles. The van der Waals surface area contributed by atoms with E-state index in [0.29, 0.717) is 17.9 Å². The van der Waals surface area contributed by atoms with Crippen LogP contribution in [0.25, 0.3) is 0 Å². The second-order valence-corrected chi connectivity index (χ2v) is 4.57. The summed E-state index contributed by atoms with van der Waals surface area (Å²) in [5, 5.41) is 6.91. The third kappa shape index (κ3) is 3.33. The van der Waals surface area contributed by atoms with E-state index in [9.17, 15) is 4.79 Å². The molecule has 0 aliphatic rings. The number of carbonyl (C=O) groups excluding carboxylic acids is 1. The molecule has 0 aliphatic carbocycles. The van der Waals surface area contributed by atoms with E-state index in [1.54, 1.807) is 36.7 Å². The molecule has 0 saturated heterocycles. The Bertz CT molecular complexity index is 706. The molecule has 3 rings (SSSR count). The van der Waals surface area contributed by atoms with Gasteiger partial charge >= 0.3 is 0 Å². The van der Waals surface area contributed by atoms with Gasteiger partial charge in [0.1, 0.15) is 5.82 Å². The molecule has 0 atom stereocenters. The first kappa shape index (κ1) is 13.1. The second kappa shape index (κ2) is 6.00. The maximum atomic E-state index is 12.1. The lowest BCUT2D eigenvalue weighted by Gasteiger charge is -2.06. The van der Waals surface area contributed by atoms with Gasteiger partial charge in [-0.05, 0) is 35.9 Å². The number of anilines is 1. The molecular weight excluding hydrogens is 264 g/mol. The number of nitrogens with one attached hydrogen (secondary N) is 1. The largest absolute Gasteiger partial charge is 0.307 e. The Morgan fingerprint density at radius 3 is 2.57 bits per heavy atom. The second-order valence-electron chi connectivity index (χ2n) is 4.57. The van der Waals surface area contributed by atoms with Gasteiger partial charge in [0.2, 0.25) is 0 Å². The fourth-order valence-electron chi connectivity index (χ4n) is 1.97. The van der Waals surface area contributed by atoms with E-state index in [1.807, 2.05) is 35.1 Å². The van der Waals surface area contributed by atoms with Gasteiger partial charge in [-0.15, -0.1) is 0 Å². The molecule has 2 aromatic heterocycles. The fraction of sp³-hybridized carbons (Fsp3) is 0.0625. The summed E-state index contributed by atoms with van der Waals surface area (Å²) in [4.78, 5) is 16.1. The lowest BCUT2D eigenvalue weighted by atomic mass is 10.1. The molecule has 104 valence electrons. The van der Waals surface area contributed by atoms with Crippen LogP contribution in [0.15, 0.2) is 67.1 Å². The van der Waals surface area contributed by atoms with Crippen LogP contribution in [0, 0.1) is 0 Å². The highest BCUT2D eigenvalue weighted by molar-refractivity contribution is 6.03. The van der Waals surface area contributed by atoms with Crippen LogP contribution >= 0.6 is 0 Å². The molecule has 0 radical (unpaired) electrons. The summed E-state index contributed by atoms with van der Waals surface area (Å²) in [5.41, 5.74) is 1.69. The Balaban J connectivity index is 1.67. The zero-order valence-electron chi connectivity index (χ0n) is 11.3. The van der Waals surface area contributed by atoms with E-state index in [4.69, 9.17) is 0 Å². The zero-order chi connectivity index (χ0) is 14.5. The number of benzene rings is 1. The van der Waals surface area contributed by atoms with Crippen molar-refractivity contribution in [3.63, 3.8) is 0 Å². The van der Waals surface area contributed by atoms with Gasteiger partial charge in [-0.2, -0.15) is 5.10 Å². The zero-order valence-corrected chi connectivity index (χ0v) is 11.3. The number of aromatic nitrogens is 3. The Labute approximate surface area is 122 Å². The first-order chi connectivity index (χ1) is 10.3. The topological polar surface area (TPSA) is 59.8 Å². The molecule has 5 nitrogen and oxygen atoms in total. The van der Waals surface area contributed by atoms with E-state index < -0.39 is 0 Å². The van der Waals surface area contributed by atoms with Gasteiger partial charge in [-0.3, -0.25) is 9.48 Å². The van der Waals surface area contributed by atoms with Crippen LogP contribution in [0.2, 0.25) is 0 Å². The van der Waals surface area contributed by atoms with Crippen LogP contribution in [0.3, 0.4) is 0 Å². The van der Waals surface area contributed by atoms with E-state index in [1.165, 1.54) is 0 Å². The third-order valence-electron chi connectivity index (χ3n) is 3.03. The predicted octanol–water partition coefficient (Wildman–Crippen LogP) is 2.58. The summed E-state index contributed by atoms with van der Waals surface area (Å²) in [6, 6.07) is 14.7. The number of hydrogen-bond acceptors (Lipinski definition) is 3. The predicted molar refractivity (Wildman–Crippen MR) is 80.0 cm³/mol. The van der Waals surface area contributed by atoms with Gasteiger partial charge in [0, 0.05) is 24.2 Å². The molecule has 1 N–H and O–H groups in total. The van der Waals surface area contributed by atoms with Crippen molar-refractivity contribution in [1.29, 1.82) is 0 Å². The van der Waals surface area contributed by atoms with Gasteiger partial charge in [0.05, 0.1) is 6.54 Å². The molecular formula is C16H14N4O. The van der Waals surface area contributed by atoms with Crippen LogP contribution in [0.5, 0.6) is 0 Å². The first-order valence-electron chi connectivity index (χ1n) is 6.60. The van der Waals surface area contributed by atoms with Crippen LogP contribution in [-0.2, 0) is 6.54 Å². The van der Waals surface area contributed by atoms with Crippen LogP contribution in [0.1, 0.15) is 15.9 Å². The lowest BCUT2D eigenvalue weighted by molar-refractivity contribution is 0.102. The summed E-state index contributed by atoms with van der Waals surface area (Å²) < 4.78 is 1.84. The minimum atomic E-state index is -0.167. The van der Waals surface area contributed by atoms with E-state index in [-0.39, 0.29) is 5.91 Å². The maximum absolute atomic E-state index is 12.1. The average Bonchev–Trinajstić information content (AvgIpc) is 3.02. The Kier molecular flexibility index (Phi) is 3.73. The maximum Gasteiger partial charge on any atom is 0.256 e. The van der Waals surface area contributed by atoms with Crippen molar-refractivity contribution >= 4 is 11.7 Å². The van der Waals surface area contributed by atoms with Crippen molar-refractivity contribution in [2.45, 2.75) is 6.54 Å². The van der Waals surface area contributed by atoms with E-state index in [0.717, 1.165) is 5.56 Å². The molecule has 2 heterocycles. The number of amides is 1. The highest BCUT2D eigenvalue weighted by atomic mass is 16.1. The van der Waals surface area contributed by atoms with Gasteiger partial charge < -0.3 is 5.32 Å². The van der Waals surface area contributed by atoms with Crippen molar-refractivity contribution in [1.82, 2.24) is 14.8 Å². The molecule has 21 heavy (non-hydrogen) atoms. The molecule has 0 spiro atoms. The lowest BCUT2D eigenvalue weighted by Crippen LogP contribution is -2.12. The Hall–Kier alpha value is -2.95. The molecule has 0 saturated carbocycles. The average molecular weight is 278 g/mol. The van der Waals surface area contributed by atoms with Gasteiger partial charge in [-0.25, -0.2) is 4.98 Å². The monoisotopic (exact) mass is 278 g/mol. The third-order valence-corrected chi connectivity index (χ3v) is 3.03. The minimum absolute atomic E-state index is 0.167. The van der Waals surface area contributed by atoms with Crippen molar-refractivity contribution < 1.29 is 4.79 Å². The smallest absolute Gasteiger partial charge is 0.256 e. The number of nitrogens with zero attached hydrogens (tertiary/aromatic N) is 3. The molecule has 0 bridgehead atoms. The molecule has 1 aromatic carbocycles. The van der Waals surface area contributed by atoms with E-state index in [2.05, 4.69) is 15.4 Å². The van der Waals surface area contributed by atoms with E-state index >= 15 is 0 Å². The Morgan fingerprint density at radius 1 is 1.05 bits per heavy atom. The highest BCUT2D eigenvalue weighted by Crippen LogP contribution is 2.09. The van der Waals surface area contributed by atoms with Crippen molar-refractivity contribution in [2.24, 2.45) is 0 Å². The normalized spacial score (nSPS) is 10.3.